The zero-order chi connectivity index (χ0) is 24.5. The maximum Gasteiger partial charge on any atom is 0.493 e. The minimum Gasteiger partial charge on any atom is -0.494 e. The number of carbonyl (C=O) groups is 1. The zero-order valence-electron chi connectivity index (χ0n) is 19.7. The molecule has 0 amide bonds. The minimum absolute atomic E-state index is 0.00838. The van der Waals surface area contributed by atoms with Crippen LogP contribution in [0.4, 0.5) is 0 Å². The fraction of sp³-hybridized carbons (Fsp3) is 0.444. The van der Waals surface area contributed by atoms with Crippen LogP contribution in [-0.4, -0.2) is 25.2 Å². The minimum atomic E-state index is -2.90. The number of ketones is 1. The molecule has 0 heterocycles. The van der Waals surface area contributed by atoms with E-state index in [0.717, 1.165) is 30.6 Å². The van der Waals surface area contributed by atoms with Gasteiger partial charge in [0.2, 0.25) is 0 Å². The summed E-state index contributed by atoms with van der Waals surface area (Å²) in [5.74, 6) is 0.802. The fourth-order valence-corrected chi connectivity index (χ4v) is 4.61. The quantitative estimate of drug-likeness (QED) is 0.0621. The van der Waals surface area contributed by atoms with Crippen LogP contribution in [0.2, 0.25) is 0 Å². The molecule has 2 rings (SSSR count). The van der Waals surface area contributed by atoms with Crippen molar-refractivity contribution in [3.63, 3.8) is 0 Å². The highest BCUT2D eigenvalue weighted by molar-refractivity contribution is 7.62. The third-order valence-corrected chi connectivity index (χ3v) is 6.95. The van der Waals surface area contributed by atoms with Crippen LogP contribution in [0.1, 0.15) is 80.1 Å². The van der Waals surface area contributed by atoms with Crippen LogP contribution in [0.25, 0.3) is 6.08 Å². The van der Waals surface area contributed by atoms with Crippen LogP contribution in [0.15, 0.2) is 60.7 Å². The van der Waals surface area contributed by atoms with Crippen LogP contribution >= 0.6 is 33.2 Å². The Morgan fingerprint density at radius 2 is 1.24 bits per heavy atom. The predicted molar refractivity (Wildman–Crippen MR) is 147 cm³/mol. The summed E-state index contributed by atoms with van der Waals surface area (Å²) in [6.07, 6.45) is 12.4. The van der Waals surface area contributed by atoms with Gasteiger partial charge in [-0.1, -0.05) is 121 Å². The van der Waals surface area contributed by atoms with Gasteiger partial charge in [-0.25, -0.2) is 0 Å². The Morgan fingerprint density at radius 3 is 1.79 bits per heavy atom. The molecule has 0 spiro atoms. The molecule has 0 aromatic heterocycles. The molecule has 3 nitrogen and oxygen atoms in total. The Bertz CT molecular complexity index is 836. The van der Waals surface area contributed by atoms with Crippen LogP contribution in [0, 0.1) is 0 Å². The normalized spacial score (nSPS) is 11.7. The van der Waals surface area contributed by atoms with E-state index < -0.39 is 6.25 Å². The Hall–Kier alpha value is -1.30. The lowest BCUT2D eigenvalue weighted by atomic mass is 10.1. The third kappa shape index (κ3) is 14.2. The molecule has 0 saturated carbocycles. The summed E-state index contributed by atoms with van der Waals surface area (Å²) in [6.45, 7) is 1.26. The number of halogens is 3. The van der Waals surface area contributed by atoms with E-state index in [-0.39, 0.29) is 5.78 Å². The number of ether oxygens (including phenoxy) is 1. The first kappa shape index (κ1) is 28.9. The van der Waals surface area contributed by atoms with Gasteiger partial charge in [-0.05, 0) is 48.7 Å². The summed E-state index contributed by atoms with van der Waals surface area (Å²) in [7, 11) is 0. The SMILES string of the molecule is O=C(C=Cc1ccccc1)c1ccc(OCCCCCCCCCCCCO[Si](Cl)(Cl)Cl)cc1. The fourth-order valence-electron chi connectivity index (χ4n) is 3.54. The van der Waals surface area contributed by atoms with Gasteiger partial charge in [0, 0.05) is 12.2 Å². The molecule has 0 aliphatic carbocycles. The highest BCUT2D eigenvalue weighted by Crippen LogP contribution is 2.21. The average Bonchev–Trinajstić information content (AvgIpc) is 2.83. The standard InChI is InChI=1S/C27H35Cl3O3Si/c28-34(29,30)33-23-13-8-6-4-2-1-3-5-7-12-22-32-26-19-17-25(18-20-26)27(31)21-16-24-14-10-9-11-15-24/h9-11,14-21H,1-8,12-13,22-23H2. The predicted octanol–water partition coefficient (Wildman–Crippen LogP) is 9.03. The van der Waals surface area contributed by atoms with Gasteiger partial charge in [-0.2, -0.15) is 0 Å². The molecule has 0 aliphatic rings. The van der Waals surface area contributed by atoms with Crippen molar-refractivity contribution in [3.8, 4) is 5.75 Å². The monoisotopic (exact) mass is 540 g/mol. The van der Waals surface area contributed by atoms with Gasteiger partial charge in [0.1, 0.15) is 5.75 Å². The Labute approximate surface area is 219 Å². The first-order valence-electron chi connectivity index (χ1n) is 12.1. The highest BCUT2D eigenvalue weighted by atomic mass is 35.8. The summed E-state index contributed by atoms with van der Waals surface area (Å²) >= 11 is 17.0. The van der Waals surface area contributed by atoms with Crippen molar-refractivity contribution in [2.75, 3.05) is 13.2 Å². The van der Waals surface area contributed by atoms with Gasteiger partial charge >= 0.3 is 6.25 Å². The number of rotatable bonds is 18. The second-order valence-electron chi connectivity index (χ2n) is 8.31. The molecule has 0 fully saturated rings. The molecule has 2 aromatic carbocycles. The van der Waals surface area contributed by atoms with Crippen molar-refractivity contribution >= 4 is 51.3 Å². The van der Waals surface area contributed by atoms with Crippen molar-refractivity contribution in [2.24, 2.45) is 0 Å². The van der Waals surface area contributed by atoms with Crippen molar-refractivity contribution in [3.05, 3.63) is 71.8 Å². The van der Waals surface area contributed by atoms with Crippen molar-refractivity contribution in [1.29, 1.82) is 0 Å². The van der Waals surface area contributed by atoms with Crippen LogP contribution < -0.4 is 4.74 Å². The van der Waals surface area contributed by atoms with E-state index in [2.05, 4.69) is 0 Å². The van der Waals surface area contributed by atoms with Gasteiger partial charge in [-0.15, -0.1) is 0 Å². The van der Waals surface area contributed by atoms with E-state index >= 15 is 0 Å². The molecule has 186 valence electrons. The molecule has 0 unspecified atom stereocenters. The summed E-state index contributed by atoms with van der Waals surface area (Å²) in [6, 6.07) is 17.2. The number of benzene rings is 2. The van der Waals surface area contributed by atoms with Crippen LogP contribution in [0.5, 0.6) is 5.75 Å². The first-order chi connectivity index (χ1) is 16.4. The number of allylic oxidation sites excluding steroid dienone is 1. The summed E-state index contributed by atoms with van der Waals surface area (Å²) in [5.41, 5.74) is 1.68. The Morgan fingerprint density at radius 1 is 0.706 bits per heavy atom. The van der Waals surface area contributed by atoms with Gasteiger partial charge in [0.15, 0.2) is 5.78 Å². The average molecular weight is 542 g/mol. The van der Waals surface area contributed by atoms with E-state index in [0.29, 0.717) is 18.8 Å². The molecule has 0 aliphatic heterocycles. The molecule has 0 radical (unpaired) electrons. The number of carbonyl (C=O) groups excluding carboxylic acids is 1. The molecule has 0 saturated heterocycles. The van der Waals surface area contributed by atoms with E-state index in [1.807, 2.05) is 60.7 Å². The topological polar surface area (TPSA) is 35.5 Å². The molecular formula is C27H35Cl3O3Si. The first-order valence-corrected chi connectivity index (χ1v) is 17.1. The molecule has 0 atom stereocenters. The van der Waals surface area contributed by atoms with Crippen molar-refractivity contribution in [2.45, 2.75) is 64.2 Å². The maximum absolute atomic E-state index is 12.3. The Kier molecular flexibility index (Phi) is 14.6. The summed E-state index contributed by atoms with van der Waals surface area (Å²) in [5, 5.41) is 0. The van der Waals surface area contributed by atoms with Gasteiger partial charge < -0.3 is 9.16 Å². The maximum atomic E-state index is 12.3. The van der Waals surface area contributed by atoms with Gasteiger partial charge in [0.05, 0.1) is 6.61 Å². The van der Waals surface area contributed by atoms with Crippen LogP contribution in [0.3, 0.4) is 0 Å². The van der Waals surface area contributed by atoms with Gasteiger partial charge in [-0.3, -0.25) is 4.79 Å². The molecule has 2 aromatic rings. The van der Waals surface area contributed by atoms with E-state index in [9.17, 15) is 4.79 Å². The smallest absolute Gasteiger partial charge is 0.493 e. The van der Waals surface area contributed by atoms with E-state index in [1.165, 1.54) is 44.9 Å². The largest absolute Gasteiger partial charge is 0.494 e. The number of hydrogen-bond acceptors (Lipinski definition) is 3. The van der Waals surface area contributed by atoms with Crippen LogP contribution in [-0.2, 0) is 4.43 Å². The molecular weight excluding hydrogens is 507 g/mol. The Balaban J connectivity index is 1.45. The zero-order valence-corrected chi connectivity index (χ0v) is 23.0. The molecule has 0 bridgehead atoms. The second-order valence-corrected chi connectivity index (χ2v) is 16.0. The lowest BCUT2D eigenvalue weighted by Gasteiger charge is -2.08. The van der Waals surface area contributed by atoms with Gasteiger partial charge in [0.25, 0.3) is 0 Å². The molecule has 34 heavy (non-hydrogen) atoms. The van der Waals surface area contributed by atoms with Crippen molar-refractivity contribution < 1.29 is 14.0 Å². The highest BCUT2D eigenvalue weighted by Gasteiger charge is 2.26. The molecule has 0 N–H and O–H groups in total. The lowest BCUT2D eigenvalue weighted by molar-refractivity contribution is 0.104. The number of unbranched alkanes of at least 4 members (excludes halogenated alkanes) is 9. The summed E-state index contributed by atoms with van der Waals surface area (Å²) in [4.78, 5) is 12.3. The third-order valence-electron chi connectivity index (χ3n) is 5.44. The number of hydrogen-bond donors (Lipinski definition) is 0. The van der Waals surface area contributed by atoms with E-state index in [1.54, 1.807) is 6.08 Å². The van der Waals surface area contributed by atoms with E-state index in [4.69, 9.17) is 42.4 Å². The second kappa shape index (κ2) is 17.2. The van der Waals surface area contributed by atoms with Crippen molar-refractivity contribution in [1.82, 2.24) is 0 Å². The lowest BCUT2D eigenvalue weighted by Crippen LogP contribution is -2.16. The molecule has 7 heteroatoms. The summed E-state index contributed by atoms with van der Waals surface area (Å²) < 4.78 is 11.0.